The molecule has 2 aliphatic rings. The standard InChI is InChI=1S/C25H43N5O2/c1-25(2,30-15-18-31-19-16-30)21-28-24(26-3)27-12-7-17-32-23-10-13-29(14-11-23)20-22-8-5-4-6-9-22/h4-6,8-9,23H,7,10-21H2,1-3H3,(H2,26,27,28). The van der Waals surface area contributed by atoms with Crippen LogP contribution in [-0.2, 0) is 16.0 Å². The third kappa shape index (κ3) is 8.35. The second-order valence-electron chi connectivity index (χ2n) is 9.45. The van der Waals surface area contributed by atoms with Gasteiger partial charge < -0.3 is 20.1 Å². The van der Waals surface area contributed by atoms with Crippen molar-refractivity contribution < 1.29 is 9.47 Å². The molecule has 2 aliphatic heterocycles. The van der Waals surface area contributed by atoms with Crippen LogP contribution in [-0.4, -0.2) is 93.5 Å². The number of guanidine groups is 1. The maximum Gasteiger partial charge on any atom is 0.191 e. The maximum absolute atomic E-state index is 6.15. The number of morpholine rings is 1. The number of likely N-dealkylation sites (tertiary alicyclic amines) is 1. The van der Waals surface area contributed by atoms with Crippen molar-refractivity contribution in [3.63, 3.8) is 0 Å². The van der Waals surface area contributed by atoms with Crippen LogP contribution in [0.15, 0.2) is 35.3 Å². The number of rotatable bonds is 10. The molecule has 2 N–H and O–H groups in total. The molecule has 0 saturated carbocycles. The number of ether oxygens (including phenoxy) is 2. The molecule has 0 radical (unpaired) electrons. The van der Waals surface area contributed by atoms with Gasteiger partial charge in [0.2, 0.25) is 0 Å². The summed E-state index contributed by atoms with van der Waals surface area (Å²) in [6.45, 7) is 14.0. The molecular formula is C25H43N5O2. The predicted molar refractivity (Wildman–Crippen MR) is 131 cm³/mol. The molecule has 1 aromatic carbocycles. The lowest BCUT2D eigenvalue weighted by atomic mass is 10.0. The van der Waals surface area contributed by atoms with Gasteiger partial charge in [-0.1, -0.05) is 30.3 Å². The summed E-state index contributed by atoms with van der Waals surface area (Å²) in [6, 6.07) is 10.7. The van der Waals surface area contributed by atoms with E-state index in [1.165, 1.54) is 5.56 Å². The quantitative estimate of drug-likeness (QED) is 0.328. The third-order valence-electron chi connectivity index (χ3n) is 6.53. The Morgan fingerprint density at radius 1 is 1.09 bits per heavy atom. The molecule has 180 valence electrons. The Hall–Kier alpha value is -1.67. The molecule has 2 saturated heterocycles. The van der Waals surface area contributed by atoms with Crippen LogP contribution in [0.4, 0.5) is 0 Å². The number of aliphatic imine (C=N–C) groups is 1. The van der Waals surface area contributed by atoms with Crippen molar-refractivity contribution in [1.29, 1.82) is 0 Å². The van der Waals surface area contributed by atoms with Crippen molar-refractivity contribution in [2.45, 2.75) is 51.3 Å². The fourth-order valence-electron chi connectivity index (χ4n) is 4.41. The van der Waals surface area contributed by atoms with Crippen molar-refractivity contribution in [2.24, 2.45) is 4.99 Å². The molecule has 0 bridgehead atoms. The Labute approximate surface area is 194 Å². The Morgan fingerprint density at radius 3 is 2.50 bits per heavy atom. The first-order valence-electron chi connectivity index (χ1n) is 12.2. The molecule has 2 fully saturated rings. The summed E-state index contributed by atoms with van der Waals surface area (Å²) in [4.78, 5) is 9.39. The Morgan fingerprint density at radius 2 is 1.81 bits per heavy atom. The molecule has 0 aromatic heterocycles. The minimum Gasteiger partial charge on any atom is -0.379 e. The van der Waals surface area contributed by atoms with E-state index in [1.807, 2.05) is 7.05 Å². The molecular weight excluding hydrogens is 402 g/mol. The minimum atomic E-state index is 0.0693. The van der Waals surface area contributed by atoms with E-state index < -0.39 is 0 Å². The molecule has 0 atom stereocenters. The van der Waals surface area contributed by atoms with Gasteiger partial charge in [0.25, 0.3) is 0 Å². The van der Waals surface area contributed by atoms with Gasteiger partial charge in [-0.2, -0.15) is 0 Å². The summed E-state index contributed by atoms with van der Waals surface area (Å²) < 4.78 is 11.6. The smallest absolute Gasteiger partial charge is 0.191 e. The lowest BCUT2D eigenvalue weighted by Gasteiger charge is -2.41. The molecule has 0 aliphatic carbocycles. The van der Waals surface area contributed by atoms with E-state index in [1.54, 1.807) is 0 Å². The summed E-state index contributed by atoms with van der Waals surface area (Å²) in [5.74, 6) is 0.862. The van der Waals surface area contributed by atoms with Crippen LogP contribution < -0.4 is 10.6 Å². The number of hydrogen-bond acceptors (Lipinski definition) is 5. The first kappa shape index (κ1) is 25.0. The predicted octanol–water partition coefficient (Wildman–Crippen LogP) is 2.33. The van der Waals surface area contributed by atoms with Crippen molar-refractivity contribution in [1.82, 2.24) is 20.4 Å². The Bertz CT molecular complexity index is 668. The zero-order valence-electron chi connectivity index (χ0n) is 20.3. The van der Waals surface area contributed by atoms with Gasteiger partial charge in [0.15, 0.2) is 5.96 Å². The van der Waals surface area contributed by atoms with Crippen LogP contribution in [0.25, 0.3) is 0 Å². The van der Waals surface area contributed by atoms with Crippen LogP contribution in [0.5, 0.6) is 0 Å². The van der Waals surface area contributed by atoms with Gasteiger partial charge in [0.05, 0.1) is 19.3 Å². The summed E-state index contributed by atoms with van der Waals surface area (Å²) >= 11 is 0. The average molecular weight is 446 g/mol. The topological polar surface area (TPSA) is 61.4 Å². The van der Waals surface area contributed by atoms with E-state index in [-0.39, 0.29) is 5.54 Å². The second kappa shape index (κ2) is 13.1. The molecule has 32 heavy (non-hydrogen) atoms. The van der Waals surface area contributed by atoms with Gasteiger partial charge in [-0.3, -0.25) is 14.8 Å². The molecule has 0 amide bonds. The fraction of sp³-hybridized carbons (Fsp3) is 0.720. The van der Waals surface area contributed by atoms with E-state index in [0.717, 1.165) is 90.9 Å². The largest absolute Gasteiger partial charge is 0.379 e. The lowest BCUT2D eigenvalue weighted by Crippen LogP contribution is -2.56. The second-order valence-corrected chi connectivity index (χ2v) is 9.45. The molecule has 2 heterocycles. The monoisotopic (exact) mass is 445 g/mol. The van der Waals surface area contributed by atoms with Crippen LogP contribution in [0, 0.1) is 0 Å². The fourth-order valence-corrected chi connectivity index (χ4v) is 4.41. The van der Waals surface area contributed by atoms with Gasteiger partial charge in [0, 0.05) is 65.0 Å². The highest BCUT2D eigenvalue weighted by Crippen LogP contribution is 2.17. The molecule has 0 spiro atoms. The van der Waals surface area contributed by atoms with E-state index in [0.29, 0.717) is 6.10 Å². The van der Waals surface area contributed by atoms with E-state index in [4.69, 9.17) is 9.47 Å². The summed E-state index contributed by atoms with van der Waals surface area (Å²) in [5.41, 5.74) is 1.47. The zero-order chi connectivity index (χ0) is 22.7. The van der Waals surface area contributed by atoms with Gasteiger partial charge in [-0.15, -0.1) is 0 Å². The number of nitrogens with one attached hydrogen (secondary N) is 2. The first-order chi connectivity index (χ1) is 15.6. The number of nitrogens with zero attached hydrogens (tertiary/aromatic N) is 3. The molecule has 0 unspecified atom stereocenters. The number of benzene rings is 1. The summed E-state index contributed by atoms with van der Waals surface area (Å²) in [6.07, 6.45) is 3.63. The molecule has 3 rings (SSSR count). The van der Waals surface area contributed by atoms with Crippen molar-refractivity contribution in [3.8, 4) is 0 Å². The van der Waals surface area contributed by atoms with Gasteiger partial charge in [-0.25, -0.2) is 0 Å². The number of hydrogen-bond donors (Lipinski definition) is 2. The maximum atomic E-state index is 6.15. The van der Waals surface area contributed by atoms with Gasteiger partial charge in [-0.05, 0) is 38.7 Å². The SMILES string of the molecule is CN=C(NCCCOC1CCN(Cc2ccccc2)CC1)NCC(C)(C)N1CCOCC1. The van der Waals surface area contributed by atoms with E-state index >= 15 is 0 Å². The first-order valence-corrected chi connectivity index (χ1v) is 12.2. The minimum absolute atomic E-state index is 0.0693. The number of piperidine rings is 1. The summed E-state index contributed by atoms with van der Waals surface area (Å²) in [5, 5.41) is 6.91. The van der Waals surface area contributed by atoms with E-state index in [9.17, 15) is 0 Å². The Balaban J connectivity index is 1.24. The van der Waals surface area contributed by atoms with Crippen molar-refractivity contribution >= 4 is 5.96 Å². The van der Waals surface area contributed by atoms with Crippen molar-refractivity contribution in [3.05, 3.63) is 35.9 Å². The normalized spacial score (nSPS) is 19.8. The van der Waals surface area contributed by atoms with Crippen LogP contribution in [0.2, 0.25) is 0 Å². The highest BCUT2D eigenvalue weighted by molar-refractivity contribution is 5.79. The van der Waals surface area contributed by atoms with Crippen LogP contribution in [0.3, 0.4) is 0 Å². The van der Waals surface area contributed by atoms with Gasteiger partial charge in [0.1, 0.15) is 0 Å². The average Bonchev–Trinajstić information content (AvgIpc) is 2.83. The third-order valence-corrected chi connectivity index (χ3v) is 6.53. The zero-order valence-corrected chi connectivity index (χ0v) is 20.3. The summed E-state index contributed by atoms with van der Waals surface area (Å²) in [7, 11) is 1.83. The Kier molecular flexibility index (Phi) is 10.2. The molecule has 7 nitrogen and oxygen atoms in total. The lowest BCUT2D eigenvalue weighted by molar-refractivity contribution is -0.00835. The highest BCUT2D eigenvalue weighted by Gasteiger charge is 2.28. The molecule has 7 heteroatoms. The van der Waals surface area contributed by atoms with E-state index in [2.05, 4.69) is 69.6 Å². The van der Waals surface area contributed by atoms with Crippen molar-refractivity contribution in [2.75, 3.05) is 66.1 Å². The van der Waals surface area contributed by atoms with Gasteiger partial charge >= 0.3 is 0 Å². The van der Waals surface area contributed by atoms with Crippen LogP contribution in [0.1, 0.15) is 38.7 Å². The highest BCUT2D eigenvalue weighted by atomic mass is 16.5. The molecule has 1 aromatic rings. The van der Waals surface area contributed by atoms with Crippen LogP contribution >= 0.6 is 0 Å².